The maximum absolute atomic E-state index is 9.20. The number of nitrogens with two attached hydrogens (primary N) is 2. The third-order valence-corrected chi connectivity index (χ3v) is 1.79. The van der Waals surface area contributed by atoms with Gasteiger partial charge in [0.2, 0.25) is 0 Å². The van der Waals surface area contributed by atoms with Gasteiger partial charge in [-0.25, -0.2) is 0 Å². The van der Waals surface area contributed by atoms with Crippen LogP contribution in [0, 0.1) is 0 Å². The minimum Gasteiger partial charge on any atom is -0.387 e. The first-order chi connectivity index (χ1) is 5.33. The van der Waals surface area contributed by atoms with E-state index >= 15 is 0 Å². The molecule has 0 heterocycles. The van der Waals surface area contributed by atoms with Gasteiger partial charge in [-0.15, -0.1) is 0 Å². The third-order valence-electron chi connectivity index (χ3n) is 1.79. The Labute approximate surface area is 70.4 Å². The van der Waals surface area contributed by atoms with Crippen LogP contribution in [0.25, 0.3) is 0 Å². The fourth-order valence-corrected chi connectivity index (χ4v) is 0.690. The topological polar surface area (TPSA) is 133 Å². The lowest BCUT2D eigenvalue weighted by atomic mass is 9.97. The van der Waals surface area contributed by atoms with Crippen LogP contribution in [0.15, 0.2) is 0 Å². The van der Waals surface area contributed by atoms with Crippen molar-refractivity contribution in [3.63, 3.8) is 0 Å². The van der Waals surface area contributed by atoms with Crippen LogP contribution >= 0.6 is 0 Å². The number of hydrogen-bond acceptors (Lipinski definition) is 6. The zero-order valence-corrected chi connectivity index (χ0v) is 6.88. The smallest absolute Gasteiger partial charge is 0.180 e. The summed E-state index contributed by atoms with van der Waals surface area (Å²) < 4.78 is 0. The lowest BCUT2D eigenvalue weighted by Gasteiger charge is -2.32. The number of rotatable bonds is 4. The average molecular weight is 180 g/mol. The first-order valence-corrected chi connectivity index (χ1v) is 3.63. The fraction of sp³-hybridized carbons (Fsp3) is 1.00. The van der Waals surface area contributed by atoms with E-state index in [-0.39, 0.29) is 6.42 Å². The molecule has 8 N–H and O–H groups in total. The Kier molecular flexibility index (Phi) is 4.04. The SMILES string of the molecule is CCC(N)(N)C(O)C(O)C(O)O. The predicted molar refractivity (Wildman–Crippen MR) is 41.6 cm³/mol. The summed E-state index contributed by atoms with van der Waals surface area (Å²) in [6.45, 7) is 1.61. The molecular weight excluding hydrogens is 164 g/mol. The summed E-state index contributed by atoms with van der Waals surface area (Å²) in [6.07, 6.45) is -5.15. The summed E-state index contributed by atoms with van der Waals surface area (Å²) >= 11 is 0. The van der Waals surface area contributed by atoms with Crippen LogP contribution in [-0.2, 0) is 0 Å². The van der Waals surface area contributed by atoms with Crippen molar-refractivity contribution >= 4 is 0 Å². The molecule has 12 heavy (non-hydrogen) atoms. The number of hydrogen-bond donors (Lipinski definition) is 6. The molecule has 0 bridgehead atoms. The summed E-state index contributed by atoms with van der Waals surface area (Å²) in [5.41, 5.74) is 9.18. The van der Waals surface area contributed by atoms with Gasteiger partial charge in [-0.05, 0) is 6.42 Å². The molecule has 0 fully saturated rings. The molecule has 0 rings (SSSR count). The predicted octanol–water partition coefficient (Wildman–Crippen LogP) is -2.96. The second-order valence-electron chi connectivity index (χ2n) is 2.81. The highest BCUT2D eigenvalue weighted by atomic mass is 16.5. The van der Waals surface area contributed by atoms with Gasteiger partial charge in [-0.1, -0.05) is 6.92 Å². The molecule has 0 aromatic carbocycles. The lowest BCUT2D eigenvalue weighted by molar-refractivity contribution is -0.170. The van der Waals surface area contributed by atoms with Crippen LogP contribution in [0.2, 0.25) is 0 Å². The van der Waals surface area contributed by atoms with Gasteiger partial charge in [-0.3, -0.25) is 0 Å². The first kappa shape index (κ1) is 11.8. The van der Waals surface area contributed by atoms with Crippen LogP contribution in [0.4, 0.5) is 0 Å². The monoisotopic (exact) mass is 180 g/mol. The molecule has 0 saturated heterocycles. The van der Waals surface area contributed by atoms with Crippen molar-refractivity contribution in [2.24, 2.45) is 11.5 Å². The largest absolute Gasteiger partial charge is 0.387 e. The molecule has 0 amide bonds. The van der Waals surface area contributed by atoms with Crippen molar-refractivity contribution in [3.8, 4) is 0 Å². The molecule has 0 radical (unpaired) electrons. The summed E-state index contributed by atoms with van der Waals surface area (Å²) in [4.78, 5) is 0. The molecule has 0 aromatic rings. The van der Waals surface area contributed by atoms with Gasteiger partial charge in [0.15, 0.2) is 6.29 Å². The zero-order chi connectivity index (χ0) is 9.94. The Bertz CT molecular complexity index is 140. The van der Waals surface area contributed by atoms with Gasteiger partial charge in [0.05, 0.1) is 5.66 Å². The van der Waals surface area contributed by atoms with Gasteiger partial charge in [-0.2, -0.15) is 0 Å². The van der Waals surface area contributed by atoms with Crippen LogP contribution in [-0.4, -0.2) is 44.6 Å². The molecule has 0 aliphatic heterocycles. The second-order valence-corrected chi connectivity index (χ2v) is 2.81. The van der Waals surface area contributed by atoms with Gasteiger partial charge < -0.3 is 31.9 Å². The maximum atomic E-state index is 9.20. The van der Waals surface area contributed by atoms with E-state index in [1.54, 1.807) is 6.92 Å². The quantitative estimate of drug-likeness (QED) is 0.256. The average Bonchev–Trinajstić information content (AvgIpc) is 2.01. The summed E-state index contributed by atoms with van der Waals surface area (Å²) in [5, 5.41) is 35.1. The molecule has 2 unspecified atom stereocenters. The van der Waals surface area contributed by atoms with Gasteiger partial charge >= 0.3 is 0 Å². The van der Waals surface area contributed by atoms with E-state index in [9.17, 15) is 5.11 Å². The van der Waals surface area contributed by atoms with Crippen molar-refractivity contribution in [2.45, 2.75) is 37.5 Å². The van der Waals surface area contributed by atoms with Gasteiger partial charge in [0.25, 0.3) is 0 Å². The van der Waals surface area contributed by atoms with Crippen molar-refractivity contribution in [1.82, 2.24) is 0 Å². The van der Waals surface area contributed by atoms with E-state index < -0.39 is 24.2 Å². The van der Waals surface area contributed by atoms with Crippen molar-refractivity contribution in [2.75, 3.05) is 0 Å². The van der Waals surface area contributed by atoms with Gasteiger partial charge in [0, 0.05) is 0 Å². The van der Waals surface area contributed by atoms with Crippen molar-refractivity contribution in [3.05, 3.63) is 0 Å². The van der Waals surface area contributed by atoms with E-state index in [4.69, 9.17) is 26.8 Å². The third kappa shape index (κ3) is 2.67. The molecule has 0 aliphatic rings. The minimum absolute atomic E-state index is 0.206. The van der Waals surface area contributed by atoms with Crippen LogP contribution < -0.4 is 11.5 Å². The minimum atomic E-state index is -2.04. The number of aliphatic hydroxyl groups excluding tert-OH is 3. The summed E-state index contributed by atoms with van der Waals surface area (Å²) in [6, 6.07) is 0. The highest BCUT2D eigenvalue weighted by molar-refractivity contribution is 4.89. The Hall–Kier alpha value is -0.240. The van der Waals surface area contributed by atoms with E-state index in [1.165, 1.54) is 0 Å². The molecule has 0 spiro atoms. The van der Waals surface area contributed by atoms with Crippen LogP contribution in [0.5, 0.6) is 0 Å². The Morgan fingerprint density at radius 3 is 1.83 bits per heavy atom. The highest BCUT2D eigenvalue weighted by Crippen LogP contribution is 2.10. The highest BCUT2D eigenvalue weighted by Gasteiger charge is 2.36. The molecular formula is C6H16N2O4. The van der Waals surface area contributed by atoms with Crippen LogP contribution in [0.1, 0.15) is 13.3 Å². The Morgan fingerprint density at radius 2 is 1.58 bits per heavy atom. The standard InChI is InChI=1S/C6H16N2O4/c1-2-6(7,8)4(10)3(9)5(11)12/h3-5,9-12H,2,7-8H2,1H3. The Morgan fingerprint density at radius 1 is 1.17 bits per heavy atom. The fourth-order valence-electron chi connectivity index (χ4n) is 0.690. The molecule has 0 saturated carbocycles. The maximum Gasteiger partial charge on any atom is 0.180 e. The molecule has 6 heteroatoms. The van der Waals surface area contributed by atoms with E-state index in [2.05, 4.69) is 0 Å². The Balaban J connectivity index is 4.27. The zero-order valence-electron chi connectivity index (χ0n) is 6.88. The normalized spacial score (nSPS) is 18.0. The molecule has 0 aliphatic carbocycles. The van der Waals surface area contributed by atoms with Crippen molar-refractivity contribution < 1.29 is 20.4 Å². The summed E-state index contributed by atoms with van der Waals surface area (Å²) in [7, 11) is 0. The van der Waals surface area contributed by atoms with E-state index in [1.807, 2.05) is 0 Å². The second kappa shape index (κ2) is 4.13. The first-order valence-electron chi connectivity index (χ1n) is 3.63. The van der Waals surface area contributed by atoms with Crippen molar-refractivity contribution in [1.29, 1.82) is 0 Å². The van der Waals surface area contributed by atoms with E-state index in [0.29, 0.717) is 0 Å². The number of aliphatic hydroxyl groups is 4. The van der Waals surface area contributed by atoms with Crippen LogP contribution in [0.3, 0.4) is 0 Å². The molecule has 6 nitrogen and oxygen atoms in total. The summed E-state index contributed by atoms with van der Waals surface area (Å²) in [5.74, 6) is 0. The van der Waals surface area contributed by atoms with Gasteiger partial charge in [0.1, 0.15) is 12.2 Å². The molecule has 74 valence electrons. The molecule has 2 atom stereocenters. The lowest BCUT2D eigenvalue weighted by Crippen LogP contribution is -2.64. The molecule has 0 aromatic heterocycles. The van der Waals surface area contributed by atoms with E-state index in [0.717, 1.165) is 0 Å².